The van der Waals surface area contributed by atoms with Crippen molar-refractivity contribution in [3.05, 3.63) is 24.7 Å². The largest absolute Gasteiger partial charge is 0.369 e. The molecule has 0 radical (unpaired) electrons. The summed E-state index contributed by atoms with van der Waals surface area (Å²) in [6.45, 7) is 3.62. The van der Waals surface area contributed by atoms with Gasteiger partial charge in [-0.3, -0.25) is 9.78 Å². The van der Waals surface area contributed by atoms with Gasteiger partial charge in [0, 0.05) is 38.6 Å². The first kappa shape index (κ1) is 15.3. The van der Waals surface area contributed by atoms with Crippen LogP contribution in [0, 0.1) is 5.92 Å². The molecule has 0 aliphatic carbocycles. The second-order valence-corrected chi connectivity index (χ2v) is 6.76. The van der Waals surface area contributed by atoms with E-state index in [2.05, 4.69) is 24.8 Å². The molecule has 0 saturated carbocycles. The fourth-order valence-corrected chi connectivity index (χ4v) is 3.81. The molecule has 126 valence electrons. The van der Waals surface area contributed by atoms with Gasteiger partial charge in [0.15, 0.2) is 5.65 Å². The molecule has 4 rings (SSSR count). The topological polar surface area (TPSA) is 62.2 Å². The molecular formula is C18H23N5O. The SMILES string of the molecule is O=C(C1CCCN(c2cnc3nccnc3c2)C1)N1CCCCC1. The number of piperidine rings is 2. The zero-order valence-corrected chi connectivity index (χ0v) is 13.9. The average molecular weight is 325 g/mol. The molecule has 2 fully saturated rings. The van der Waals surface area contributed by atoms with Crippen molar-refractivity contribution in [1.29, 1.82) is 0 Å². The third-order valence-electron chi connectivity index (χ3n) is 5.11. The van der Waals surface area contributed by atoms with Crippen molar-refractivity contribution in [3.8, 4) is 0 Å². The summed E-state index contributed by atoms with van der Waals surface area (Å²) >= 11 is 0. The van der Waals surface area contributed by atoms with Crippen LogP contribution < -0.4 is 4.90 Å². The van der Waals surface area contributed by atoms with Crippen LogP contribution in [0.2, 0.25) is 0 Å². The summed E-state index contributed by atoms with van der Waals surface area (Å²) in [7, 11) is 0. The molecule has 4 heterocycles. The first-order chi connectivity index (χ1) is 11.8. The second kappa shape index (κ2) is 6.71. The normalized spacial score (nSPS) is 21.9. The van der Waals surface area contributed by atoms with Crippen LogP contribution in [0.3, 0.4) is 0 Å². The van der Waals surface area contributed by atoms with E-state index in [9.17, 15) is 4.79 Å². The van der Waals surface area contributed by atoms with Crippen LogP contribution in [0.5, 0.6) is 0 Å². The summed E-state index contributed by atoms with van der Waals surface area (Å²) in [5.41, 5.74) is 2.51. The van der Waals surface area contributed by atoms with Gasteiger partial charge >= 0.3 is 0 Å². The Bertz CT molecular complexity index is 728. The monoisotopic (exact) mass is 325 g/mol. The number of amides is 1. The Kier molecular flexibility index (Phi) is 4.28. The molecule has 0 bridgehead atoms. The van der Waals surface area contributed by atoms with Crippen molar-refractivity contribution < 1.29 is 4.79 Å². The highest BCUT2D eigenvalue weighted by Gasteiger charge is 2.30. The molecule has 2 aromatic rings. The van der Waals surface area contributed by atoms with E-state index in [4.69, 9.17) is 0 Å². The molecule has 1 amide bonds. The first-order valence-corrected chi connectivity index (χ1v) is 8.92. The molecule has 2 aromatic heterocycles. The zero-order valence-electron chi connectivity index (χ0n) is 13.9. The number of nitrogens with zero attached hydrogens (tertiary/aromatic N) is 5. The van der Waals surface area contributed by atoms with E-state index in [1.165, 1.54) is 6.42 Å². The summed E-state index contributed by atoms with van der Waals surface area (Å²) in [6, 6.07) is 2.03. The van der Waals surface area contributed by atoms with Gasteiger partial charge in [-0.05, 0) is 38.2 Å². The summed E-state index contributed by atoms with van der Waals surface area (Å²) in [5.74, 6) is 0.447. The van der Waals surface area contributed by atoms with E-state index in [1.54, 1.807) is 12.4 Å². The molecule has 1 unspecified atom stereocenters. The van der Waals surface area contributed by atoms with Crippen molar-refractivity contribution in [1.82, 2.24) is 19.9 Å². The van der Waals surface area contributed by atoms with Crippen molar-refractivity contribution in [2.45, 2.75) is 32.1 Å². The van der Waals surface area contributed by atoms with Crippen molar-refractivity contribution in [2.75, 3.05) is 31.1 Å². The number of hydrogen-bond acceptors (Lipinski definition) is 5. The number of carbonyl (C=O) groups excluding carboxylic acids is 1. The molecule has 2 aliphatic heterocycles. The first-order valence-electron chi connectivity index (χ1n) is 8.92. The van der Waals surface area contributed by atoms with Gasteiger partial charge in [0.1, 0.15) is 5.52 Å². The molecule has 6 heteroatoms. The van der Waals surface area contributed by atoms with Gasteiger partial charge in [-0.25, -0.2) is 9.97 Å². The minimum absolute atomic E-state index is 0.106. The smallest absolute Gasteiger partial charge is 0.227 e. The number of pyridine rings is 1. The van der Waals surface area contributed by atoms with E-state index in [-0.39, 0.29) is 5.92 Å². The van der Waals surface area contributed by atoms with E-state index in [0.29, 0.717) is 11.6 Å². The highest BCUT2D eigenvalue weighted by molar-refractivity contribution is 5.80. The van der Waals surface area contributed by atoms with Gasteiger partial charge in [0.2, 0.25) is 5.91 Å². The quantitative estimate of drug-likeness (QED) is 0.847. The summed E-state index contributed by atoms with van der Waals surface area (Å²) in [4.78, 5) is 30.1. The molecule has 2 aliphatic rings. The van der Waals surface area contributed by atoms with Gasteiger partial charge in [-0.2, -0.15) is 0 Å². The highest BCUT2D eigenvalue weighted by Crippen LogP contribution is 2.26. The van der Waals surface area contributed by atoms with Crippen LogP contribution in [0.1, 0.15) is 32.1 Å². The van der Waals surface area contributed by atoms with E-state index < -0.39 is 0 Å². The number of aromatic nitrogens is 3. The Hall–Kier alpha value is -2.24. The highest BCUT2D eigenvalue weighted by atomic mass is 16.2. The maximum absolute atomic E-state index is 12.8. The lowest BCUT2D eigenvalue weighted by Gasteiger charge is -2.37. The van der Waals surface area contributed by atoms with E-state index >= 15 is 0 Å². The van der Waals surface area contributed by atoms with Crippen LogP contribution >= 0.6 is 0 Å². The van der Waals surface area contributed by atoms with E-state index in [0.717, 1.165) is 63.1 Å². The Labute approximate surface area is 141 Å². The maximum Gasteiger partial charge on any atom is 0.227 e. The van der Waals surface area contributed by atoms with Gasteiger partial charge < -0.3 is 9.80 Å². The lowest BCUT2D eigenvalue weighted by Crippen LogP contribution is -2.46. The molecule has 0 aromatic carbocycles. The second-order valence-electron chi connectivity index (χ2n) is 6.76. The Balaban J connectivity index is 1.50. The lowest BCUT2D eigenvalue weighted by molar-refractivity contribution is -0.136. The van der Waals surface area contributed by atoms with Crippen LogP contribution in [0.4, 0.5) is 5.69 Å². The predicted octanol–water partition coefficient (Wildman–Crippen LogP) is 2.25. The van der Waals surface area contributed by atoms with Crippen molar-refractivity contribution in [3.63, 3.8) is 0 Å². The summed E-state index contributed by atoms with van der Waals surface area (Å²) < 4.78 is 0. The molecule has 6 nitrogen and oxygen atoms in total. The van der Waals surface area contributed by atoms with Gasteiger partial charge in [0.05, 0.1) is 17.8 Å². The van der Waals surface area contributed by atoms with Crippen LogP contribution in [-0.4, -0.2) is 51.9 Å². The van der Waals surface area contributed by atoms with Crippen LogP contribution in [0.15, 0.2) is 24.7 Å². The minimum Gasteiger partial charge on any atom is -0.369 e. The number of hydrogen-bond donors (Lipinski definition) is 0. The Morgan fingerprint density at radius 2 is 1.83 bits per heavy atom. The average Bonchev–Trinajstić information content (AvgIpc) is 2.68. The molecule has 2 saturated heterocycles. The van der Waals surface area contributed by atoms with Gasteiger partial charge in [-0.15, -0.1) is 0 Å². The fourth-order valence-electron chi connectivity index (χ4n) is 3.81. The number of anilines is 1. The number of carbonyl (C=O) groups is 1. The third-order valence-corrected chi connectivity index (χ3v) is 5.11. The molecule has 24 heavy (non-hydrogen) atoms. The molecular weight excluding hydrogens is 302 g/mol. The third kappa shape index (κ3) is 3.05. The predicted molar refractivity (Wildman–Crippen MR) is 92.7 cm³/mol. The van der Waals surface area contributed by atoms with Crippen LogP contribution in [-0.2, 0) is 4.79 Å². The van der Waals surface area contributed by atoms with Gasteiger partial charge in [0.25, 0.3) is 0 Å². The van der Waals surface area contributed by atoms with E-state index in [1.807, 2.05) is 12.3 Å². The maximum atomic E-state index is 12.8. The Morgan fingerprint density at radius 3 is 2.71 bits per heavy atom. The summed E-state index contributed by atoms with van der Waals surface area (Å²) in [6.07, 6.45) is 10.8. The number of fused-ring (bicyclic) bond motifs is 1. The van der Waals surface area contributed by atoms with Crippen LogP contribution in [0.25, 0.3) is 11.2 Å². The standard InChI is InChI=1S/C18H23N5O/c24-18(22-8-2-1-3-9-22)14-5-4-10-23(13-14)15-11-16-17(21-12-15)20-7-6-19-16/h6-7,11-12,14H,1-5,8-10,13H2. The zero-order chi connectivity index (χ0) is 16.4. The summed E-state index contributed by atoms with van der Waals surface area (Å²) in [5, 5.41) is 0. The molecule has 1 atom stereocenters. The fraction of sp³-hybridized carbons (Fsp3) is 0.556. The molecule has 0 N–H and O–H groups in total. The van der Waals surface area contributed by atoms with Crippen molar-refractivity contribution >= 4 is 22.8 Å². The number of rotatable bonds is 2. The number of likely N-dealkylation sites (tertiary alicyclic amines) is 1. The van der Waals surface area contributed by atoms with Gasteiger partial charge in [-0.1, -0.05) is 0 Å². The molecule has 0 spiro atoms. The lowest BCUT2D eigenvalue weighted by atomic mass is 9.95. The Morgan fingerprint density at radius 1 is 1.00 bits per heavy atom. The van der Waals surface area contributed by atoms with Crippen molar-refractivity contribution in [2.24, 2.45) is 5.92 Å². The minimum atomic E-state index is 0.106.